The molecule has 8 heteroatoms. The molecule has 0 saturated carbocycles. The molecule has 6 nitrogen and oxygen atoms in total. The van der Waals surface area contributed by atoms with Gasteiger partial charge >= 0.3 is 0 Å². The van der Waals surface area contributed by atoms with Gasteiger partial charge in [-0.1, -0.05) is 12.1 Å². The third-order valence-electron chi connectivity index (χ3n) is 4.25. The van der Waals surface area contributed by atoms with Gasteiger partial charge in [-0.3, -0.25) is 14.5 Å². The normalized spacial score (nSPS) is 14.1. The summed E-state index contributed by atoms with van der Waals surface area (Å²) in [5.74, 6) is -2.56. The van der Waals surface area contributed by atoms with E-state index >= 15 is 0 Å². The van der Waals surface area contributed by atoms with Crippen LogP contribution in [-0.4, -0.2) is 44.1 Å². The van der Waals surface area contributed by atoms with Crippen LogP contribution >= 0.6 is 0 Å². The minimum absolute atomic E-state index is 0.0164. The Balaban J connectivity index is 2.03. The van der Waals surface area contributed by atoms with Gasteiger partial charge in [-0.15, -0.1) is 0 Å². The molecule has 0 bridgehead atoms. The van der Waals surface area contributed by atoms with E-state index in [4.69, 9.17) is 9.47 Å². The lowest BCUT2D eigenvalue weighted by atomic mass is 10.0. The van der Waals surface area contributed by atoms with Crippen molar-refractivity contribution in [3.8, 4) is 5.75 Å². The molecular formula is C20H18F2N2O4. The third-order valence-corrected chi connectivity index (χ3v) is 4.25. The van der Waals surface area contributed by atoms with Crippen LogP contribution in [0.1, 0.15) is 5.56 Å². The number of carbonyl (C=O) groups excluding carboxylic acids is 2. The van der Waals surface area contributed by atoms with Crippen molar-refractivity contribution in [2.45, 2.75) is 0 Å². The minimum Gasteiger partial charge on any atom is -0.497 e. The van der Waals surface area contributed by atoms with Gasteiger partial charge in [-0.05, 0) is 29.8 Å². The van der Waals surface area contributed by atoms with Gasteiger partial charge in [-0.25, -0.2) is 8.78 Å². The van der Waals surface area contributed by atoms with E-state index in [1.165, 1.54) is 20.3 Å². The number of hydrogen-bond donors (Lipinski definition) is 1. The molecule has 146 valence electrons. The highest BCUT2D eigenvalue weighted by atomic mass is 19.2. The van der Waals surface area contributed by atoms with Crippen molar-refractivity contribution in [1.82, 2.24) is 4.90 Å². The van der Waals surface area contributed by atoms with Crippen molar-refractivity contribution in [2.75, 3.05) is 32.7 Å². The Kier molecular flexibility index (Phi) is 5.70. The van der Waals surface area contributed by atoms with E-state index < -0.39 is 23.4 Å². The van der Waals surface area contributed by atoms with Crippen molar-refractivity contribution in [1.29, 1.82) is 0 Å². The molecule has 0 fully saturated rings. The van der Waals surface area contributed by atoms with Crippen molar-refractivity contribution in [3.05, 3.63) is 65.4 Å². The first-order chi connectivity index (χ1) is 13.5. The highest BCUT2D eigenvalue weighted by Crippen LogP contribution is 2.31. The third kappa shape index (κ3) is 3.72. The number of nitrogens with zero attached hydrogens (tertiary/aromatic N) is 1. The van der Waals surface area contributed by atoms with Crippen molar-refractivity contribution < 1.29 is 27.8 Å². The summed E-state index contributed by atoms with van der Waals surface area (Å²) in [5, 5.41) is 2.76. The Labute approximate surface area is 160 Å². The number of anilines is 1. The number of ether oxygens (including phenoxy) is 2. The van der Waals surface area contributed by atoms with Gasteiger partial charge in [0, 0.05) is 18.9 Å². The lowest BCUT2D eigenvalue weighted by Crippen LogP contribution is -2.35. The van der Waals surface area contributed by atoms with Crippen molar-refractivity contribution in [2.24, 2.45) is 0 Å². The molecule has 1 N–H and O–H groups in total. The molecule has 0 atom stereocenters. The topological polar surface area (TPSA) is 67.9 Å². The fourth-order valence-corrected chi connectivity index (χ4v) is 2.82. The maximum atomic E-state index is 13.5. The second-order valence-electron chi connectivity index (χ2n) is 5.99. The molecular weight excluding hydrogens is 370 g/mol. The maximum absolute atomic E-state index is 13.5. The van der Waals surface area contributed by atoms with Gasteiger partial charge in [0.05, 0.1) is 25.8 Å². The van der Waals surface area contributed by atoms with Crippen LogP contribution in [0.2, 0.25) is 0 Å². The van der Waals surface area contributed by atoms with E-state index in [1.807, 2.05) is 0 Å². The average molecular weight is 388 g/mol. The summed E-state index contributed by atoms with van der Waals surface area (Å²) in [6.07, 6.45) is 0. The summed E-state index contributed by atoms with van der Waals surface area (Å²) in [5.41, 5.74) is 0.754. The lowest BCUT2D eigenvalue weighted by Gasteiger charge is -2.14. The smallest absolute Gasteiger partial charge is 0.278 e. The van der Waals surface area contributed by atoms with E-state index in [0.29, 0.717) is 11.3 Å². The number of rotatable bonds is 7. The molecule has 1 heterocycles. The number of hydrogen-bond acceptors (Lipinski definition) is 5. The van der Waals surface area contributed by atoms with E-state index in [1.54, 1.807) is 24.3 Å². The second kappa shape index (κ2) is 8.18. The van der Waals surface area contributed by atoms with Crippen LogP contribution in [0.15, 0.2) is 48.2 Å². The summed E-state index contributed by atoms with van der Waals surface area (Å²) in [7, 11) is 2.98. The predicted octanol–water partition coefficient (Wildman–Crippen LogP) is 2.81. The molecule has 2 aromatic carbocycles. The Bertz CT molecular complexity index is 942. The molecule has 0 spiro atoms. The standard InChI is InChI=1S/C20H18F2N2O4/c1-27-10-9-24-19(25)17(12-3-6-14(28-2)7-4-12)18(20(24)26)23-13-5-8-15(21)16(22)11-13/h3-8,11,23H,9-10H2,1-2H3. The van der Waals surface area contributed by atoms with Crippen LogP contribution in [0.4, 0.5) is 14.5 Å². The fraction of sp³-hybridized carbons (Fsp3) is 0.200. The number of nitrogens with one attached hydrogen (secondary N) is 1. The molecule has 2 aromatic rings. The summed E-state index contributed by atoms with van der Waals surface area (Å²) < 4.78 is 36.8. The number of carbonyl (C=O) groups is 2. The summed E-state index contributed by atoms with van der Waals surface area (Å²) >= 11 is 0. The first kappa shape index (κ1) is 19.5. The SMILES string of the molecule is COCCN1C(=O)C(Nc2ccc(F)c(F)c2)=C(c2ccc(OC)cc2)C1=O. The van der Waals surface area contributed by atoms with Gasteiger partial charge in [0.1, 0.15) is 11.4 Å². The molecule has 1 aliphatic rings. The number of methoxy groups -OCH3 is 2. The largest absolute Gasteiger partial charge is 0.497 e. The highest BCUT2D eigenvalue weighted by molar-refractivity contribution is 6.36. The zero-order chi connectivity index (χ0) is 20.3. The summed E-state index contributed by atoms with van der Waals surface area (Å²) in [4.78, 5) is 26.8. The molecule has 3 rings (SSSR count). The average Bonchev–Trinajstić information content (AvgIpc) is 2.93. The Morgan fingerprint density at radius 2 is 1.68 bits per heavy atom. The van der Waals surface area contributed by atoms with E-state index in [0.717, 1.165) is 17.0 Å². The highest BCUT2D eigenvalue weighted by Gasteiger charge is 2.39. The van der Waals surface area contributed by atoms with Crippen molar-refractivity contribution >= 4 is 23.1 Å². The van der Waals surface area contributed by atoms with Gasteiger partial charge in [0.25, 0.3) is 11.8 Å². The van der Waals surface area contributed by atoms with Crippen LogP contribution in [0, 0.1) is 11.6 Å². The maximum Gasteiger partial charge on any atom is 0.278 e. The number of amides is 2. The monoisotopic (exact) mass is 388 g/mol. The lowest BCUT2D eigenvalue weighted by molar-refractivity contribution is -0.137. The van der Waals surface area contributed by atoms with E-state index in [-0.39, 0.29) is 30.1 Å². The Hall–Kier alpha value is -3.26. The van der Waals surface area contributed by atoms with Crippen LogP contribution in [-0.2, 0) is 14.3 Å². The van der Waals surface area contributed by atoms with Crippen molar-refractivity contribution in [3.63, 3.8) is 0 Å². The zero-order valence-corrected chi connectivity index (χ0v) is 15.3. The molecule has 28 heavy (non-hydrogen) atoms. The van der Waals surface area contributed by atoms with Gasteiger partial charge in [0.2, 0.25) is 0 Å². The molecule has 0 unspecified atom stereocenters. The van der Waals surface area contributed by atoms with Crippen LogP contribution in [0.3, 0.4) is 0 Å². The van der Waals surface area contributed by atoms with E-state index in [9.17, 15) is 18.4 Å². The van der Waals surface area contributed by atoms with Gasteiger partial charge in [-0.2, -0.15) is 0 Å². The summed E-state index contributed by atoms with van der Waals surface area (Å²) in [6, 6.07) is 9.75. The quantitative estimate of drug-likeness (QED) is 0.739. The van der Waals surface area contributed by atoms with E-state index in [2.05, 4.69) is 5.32 Å². The number of benzene rings is 2. The predicted molar refractivity (Wildman–Crippen MR) is 98.5 cm³/mol. The Morgan fingerprint density at radius 3 is 2.29 bits per heavy atom. The fourth-order valence-electron chi connectivity index (χ4n) is 2.82. The molecule has 0 aromatic heterocycles. The molecule has 0 radical (unpaired) electrons. The Morgan fingerprint density at radius 1 is 0.964 bits per heavy atom. The second-order valence-corrected chi connectivity index (χ2v) is 5.99. The summed E-state index contributed by atoms with van der Waals surface area (Å²) in [6.45, 7) is 0.239. The van der Waals surface area contributed by atoms with Gasteiger partial charge < -0.3 is 14.8 Å². The zero-order valence-electron chi connectivity index (χ0n) is 15.3. The first-order valence-electron chi connectivity index (χ1n) is 8.42. The van der Waals surface area contributed by atoms with Crippen LogP contribution in [0.5, 0.6) is 5.75 Å². The molecule has 0 saturated heterocycles. The number of imide groups is 1. The van der Waals surface area contributed by atoms with Crippen LogP contribution in [0.25, 0.3) is 5.57 Å². The van der Waals surface area contributed by atoms with Crippen LogP contribution < -0.4 is 10.1 Å². The number of halogens is 2. The molecule has 1 aliphatic heterocycles. The molecule has 0 aliphatic carbocycles. The minimum atomic E-state index is -1.07. The first-order valence-corrected chi connectivity index (χ1v) is 8.42. The van der Waals surface area contributed by atoms with Gasteiger partial charge in [0.15, 0.2) is 11.6 Å². The molecule has 2 amide bonds.